The Balaban J connectivity index is 0.00000162. The highest BCUT2D eigenvalue weighted by molar-refractivity contribution is 5.44. The molecule has 2 atom stereocenters. The van der Waals surface area contributed by atoms with E-state index in [1.54, 1.807) is 0 Å². The van der Waals surface area contributed by atoms with Crippen LogP contribution in [0.5, 0.6) is 0 Å². The van der Waals surface area contributed by atoms with Crippen molar-refractivity contribution in [1.82, 2.24) is 0 Å². The van der Waals surface area contributed by atoms with Crippen LogP contribution in [0.25, 0.3) is 0 Å². The average molecular weight is 304 g/mol. The molecule has 19 heavy (non-hydrogen) atoms. The lowest BCUT2D eigenvalue weighted by Gasteiger charge is -2.12. The first-order valence-electron chi connectivity index (χ1n) is 6.56. The van der Waals surface area contributed by atoms with Crippen molar-refractivity contribution in [3.63, 3.8) is 0 Å². The number of nitrogens with zero attached hydrogens (tertiary/aromatic N) is 1. The van der Waals surface area contributed by atoms with Crippen LogP contribution in [0.2, 0.25) is 0 Å². The van der Waals surface area contributed by atoms with Crippen LogP contribution in [-0.2, 0) is 6.42 Å². The summed E-state index contributed by atoms with van der Waals surface area (Å²) in [5, 5.41) is 2.45. The number of hydrogen-bond donors (Lipinski definition) is 2. The second kappa shape index (κ2) is 10.2. The molecule has 108 valence electrons. The number of rotatable bonds is 6. The molecule has 1 aliphatic rings. The van der Waals surface area contributed by atoms with Crippen molar-refractivity contribution in [3.8, 4) is 0 Å². The van der Waals surface area contributed by atoms with Gasteiger partial charge in [0, 0.05) is 6.42 Å². The van der Waals surface area contributed by atoms with Gasteiger partial charge >= 0.3 is 0 Å². The van der Waals surface area contributed by atoms with Gasteiger partial charge in [-0.2, -0.15) is 0 Å². The number of nitrogens with one attached hydrogen (secondary N) is 1. The van der Waals surface area contributed by atoms with Gasteiger partial charge in [0.2, 0.25) is 0 Å². The van der Waals surface area contributed by atoms with E-state index in [2.05, 4.69) is 53.9 Å². The minimum Gasteiger partial charge on any atom is -1.00 e. The van der Waals surface area contributed by atoms with Crippen molar-refractivity contribution < 1.29 is 35.0 Å². The third kappa shape index (κ3) is 6.92. The van der Waals surface area contributed by atoms with E-state index in [0.29, 0.717) is 6.04 Å². The van der Waals surface area contributed by atoms with Crippen LogP contribution < -0.4 is 35.0 Å². The highest BCUT2D eigenvalue weighted by Crippen LogP contribution is 2.00. The van der Waals surface area contributed by atoms with Crippen LogP contribution in [0.4, 0.5) is 0 Å². The molecule has 1 aromatic rings. The van der Waals surface area contributed by atoms with E-state index in [1.165, 1.54) is 30.1 Å². The largest absolute Gasteiger partial charge is 1.00 e. The number of benzene rings is 1. The van der Waals surface area contributed by atoms with Crippen LogP contribution >= 0.6 is 0 Å². The van der Waals surface area contributed by atoms with Crippen LogP contribution in [0.3, 0.4) is 0 Å². The first-order chi connectivity index (χ1) is 8.34. The molecule has 1 heterocycles. The molecular formula is C14H23Cl2N3. The van der Waals surface area contributed by atoms with E-state index in [9.17, 15) is 0 Å². The molecule has 1 aliphatic heterocycles. The van der Waals surface area contributed by atoms with Crippen LogP contribution in [0, 0.1) is 0 Å². The zero-order valence-electron chi connectivity index (χ0n) is 11.4. The molecule has 0 fully saturated rings. The Kier molecular flexibility index (Phi) is 9.88. The maximum Gasteiger partial charge on any atom is 0.184 e. The number of nitrogens with two attached hydrogens (primary N) is 1. The Morgan fingerprint density at radius 1 is 1.26 bits per heavy atom. The predicted octanol–water partition coefficient (Wildman–Crippen LogP) is -6.88. The zero-order chi connectivity index (χ0) is 11.9. The highest BCUT2D eigenvalue weighted by atomic mass is 35.5. The molecule has 3 nitrogen and oxygen atoms in total. The predicted molar refractivity (Wildman–Crippen MR) is 70.5 cm³/mol. The van der Waals surface area contributed by atoms with Crippen molar-refractivity contribution >= 4 is 6.34 Å². The van der Waals surface area contributed by atoms with Crippen LogP contribution in [0.15, 0.2) is 35.3 Å². The van der Waals surface area contributed by atoms with E-state index in [-0.39, 0.29) is 24.8 Å². The van der Waals surface area contributed by atoms with Gasteiger partial charge in [-0.15, -0.1) is 0 Å². The monoisotopic (exact) mass is 303 g/mol. The summed E-state index contributed by atoms with van der Waals surface area (Å²) in [5.74, 6) is 0. The Labute approximate surface area is 128 Å². The van der Waals surface area contributed by atoms with Gasteiger partial charge in [0.1, 0.15) is 19.6 Å². The van der Waals surface area contributed by atoms with Crippen LogP contribution in [-0.4, -0.2) is 38.6 Å². The fourth-order valence-corrected chi connectivity index (χ4v) is 2.28. The maximum absolute atomic E-state index is 4.25. The quantitative estimate of drug-likeness (QED) is 0.524. The van der Waals surface area contributed by atoms with Crippen molar-refractivity contribution in [1.29, 1.82) is 0 Å². The van der Waals surface area contributed by atoms with Gasteiger partial charge in [-0.3, -0.25) is 4.90 Å². The van der Waals surface area contributed by atoms with E-state index in [0.717, 1.165) is 13.0 Å². The molecule has 0 bridgehead atoms. The summed E-state index contributed by atoms with van der Waals surface area (Å²) in [7, 11) is 0. The van der Waals surface area contributed by atoms with Gasteiger partial charge in [0.25, 0.3) is 0 Å². The van der Waals surface area contributed by atoms with E-state index < -0.39 is 0 Å². The van der Waals surface area contributed by atoms with Crippen molar-refractivity contribution in [2.24, 2.45) is 4.99 Å². The Hall–Kier alpha value is -0.610. The third-order valence-corrected chi connectivity index (χ3v) is 3.27. The van der Waals surface area contributed by atoms with Gasteiger partial charge < -0.3 is 30.1 Å². The summed E-state index contributed by atoms with van der Waals surface area (Å²) in [4.78, 5) is 5.78. The molecule has 0 radical (unpaired) electrons. The lowest BCUT2D eigenvalue weighted by Crippen LogP contribution is -3.13. The molecule has 0 aromatic heterocycles. The highest BCUT2D eigenvalue weighted by Gasteiger charge is 2.12. The Morgan fingerprint density at radius 2 is 2.00 bits per heavy atom. The summed E-state index contributed by atoms with van der Waals surface area (Å²) >= 11 is 0. The van der Waals surface area contributed by atoms with Crippen LogP contribution in [0.1, 0.15) is 12.5 Å². The second-order valence-corrected chi connectivity index (χ2v) is 4.88. The normalized spacial score (nSPS) is 18.5. The fourth-order valence-electron chi connectivity index (χ4n) is 2.28. The van der Waals surface area contributed by atoms with E-state index in [1.807, 2.05) is 0 Å². The van der Waals surface area contributed by atoms with Crippen molar-refractivity contribution in [3.05, 3.63) is 35.9 Å². The first-order valence-corrected chi connectivity index (χ1v) is 6.56. The molecule has 0 saturated heterocycles. The molecular weight excluding hydrogens is 281 g/mol. The summed E-state index contributed by atoms with van der Waals surface area (Å²) in [6, 6.07) is 11.4. The SMILES string of the molecule is CC(Cc1ccccc1)[NH2+]CC[NH+]1C=NCC1.[Cl-].[Cl-]. The molecule has 0 aliphatic carbocycles. The number of quaternary nitrogens is 2. The topological polar surface area (TPSA) is 33.4 Å². The summed E-state index contributed by atoms with van der Waals surface area (Å²) in [5.41, 5.74) is 1.44. The summed E-state index contributed by atoms with van der Waals surface area (Å²) in [6.07, 6.45) is 3.22. The zero-order valence-corrected chi connectivity index (χ0v) is 12.9. The average Bonchev–Trinajstić information content (AvgIpc) is 2.83. The minimum absolute atomic E-state index is 0. The van der Waals surface area contributed by atoms with Gasteiger partial charge in [-0.05, 0) is 12.5 Å². The van der Waals surface area contributed by atoms with Crippen molar-refractivity contribution in [2.45, 2.75) is 19.4 Å². The van der Waals surface area contributed by atoms with E-state index >= 15 is 0 Å². The standard InChI is InChI=1S/C14H21N3.2ClH/c1-13(11-14-5-3-2-4-6-14)16-8-10-17-9-7-15-12-17;;/h2-6,12-13,16H,7-11H2,1H3;2*1H. The molecule has 0 spiro atoms. The number of hydrogen-bond acceptors (Lipinski definition) is 1. The summed E-state index contributed by atoms with van der Waals surface area (Å²) < 4.78 is 0. The van der Waals surface area contributed by atoms with Gasteiger partial charge in [-0.25, -0.2) is 4.99 Å². The van der Waals surface area contributed by atoms with E-state index in [4.69, 9.17) is 0 Å². The number of aliphatic imine (C=N–C) groups is 1. The molecule has 1 aromatic carbocycles. The third-order valence-electron chi connectivity index (χ3n) is 3.27. The molecule has 0 amide bonds. The molecule has 2 rings (SSSR count). The lowest BCUT2D eigenvalue weighted by molar-refractivity contribution is -0.820. The fraction of sp³-hybridized carbons (Fsp3) is 0.500. The van der Waals surface area contributed by atoms with Gasteiger partial charge in [0.05, 0.1) is 12.6 Å². The minimum atomic E-state index is 0. The van der Waals surface area contributed by atoms with Gasteiger partial charge in [0.15, 0.2) is 6.34 Å². The molecule has 5 heteroatoms. The lowest BCUT2D eigenvalue weighted by atomic mass is 10.1. The Morgan fingerprint density at radius 3 is 2.63 bits per heavy atom. The van der Waals surface area contributed by atoms with Crippen molar-refractivity contribution in [2.75, 3.05) is 26.2 Å². The van der Waals surface area contributed by atoms with Gasteiger partial charge in [-0.1, -0.05) is 30.3 Å². The maximum atomic E-state index is 4.25. The second-order valence-electron chi connectivity index (χ2n) is 4.88. The molecule has 0 saturated carbocycles. The summed E-state index contributed by atoms with van der Waals surface area (Å²) in [6.45, 7) is 6.88. The smallest absolute Gasteiger partial charge is 0.184 e. The first kappa shape index (κ1) is 18.4. The number of halogens is 2. The molecule has 2 unspecified atom stereocenters. The Bertz CT molecular complexity index is 357. The molecule has 3 N–H and O–H groups in total.